The fourth-order valence-corrected chi connectivity index (χ4v) is 2.49. The van der Waals surface area contributed by atoms with E-state index in [2.05, 4.69) is 9.97 Å². The van der Waals surface area contributed by atoms with Crippen molar-refractivity contribution >= 4 is 17.2 Å². The van der Waals surface area contributed by atoms with Gasteiger partial charge in [0.1, 0.15) is 23.9 Å². The van der Waals surface area contributed by atoms with Gasteiger partial charge in [0.2, 0.25) is 5.75 Å². The molecule has 0 radical (unpaired) electrons. The second-order valence-electron chi connectivity index (χ2n) is 4.15. The van der Waals surface area contributed by atoms with Crippen LogP contribution in [0.25, 0.3) is 0 Å². The molecular weight excluding hydrogens is 294 g/mol. The number of ether oxygens (including phenoxy) is 2. The van der Waals surface area contributed by atoms with E-state index in [1.807, 2.05) is 19.2 Å². The Morgan fingerprint density at radius 2 is 2.33 bits per heavy atom. The summed E-state index contributed by atoms with van der Waals surface area (Å²) in [7, 11) is 0. The summed E-state index contributed by atoms with van der Waals surface area (Å²) in [6.45, 7) is 4.63. The van der Waals surface area contributed by atoms with Gasteiger partial charge in [0, 0.05) is 12.0 Å². The molecule has 0 aliphatic rings. The standard InChI is InChI=1S/C13H15N3O4S/c1-3-19-9(2)13-15-10(8-21-13)7-20-11-5-4-6-14-12(11)16(17)18/h4-6,8-9H,3,7H2,1-2H3/t9-/m0/s1. The van der Waals surface area contributed by atoms with Crippen molar-refractivity contribution in [1.29, 1.82) is 0 Å². The smallest absolute Gasteiger partial charge is 0.406 e. The minimum Gasteiger partial charge on any atom is -0.479 e. The van der Waals surface area contributed by atoms with Gasteiger partial charge in [0.15, 0.2) is 0 Å². The first kappa shape index (κ1) is 15.3. The summed E-state index contributed by atoms with van der Waals surface area (Å²) in [5, 5.41) is 13.5. The fraction of sp³-hybridized carbons (Fsp3) is 0.385. The van der Waals surface area contributed by atoms with Crippen LogP contribution in [-0.4, -0.2) is 21.5 Å². The zero-order valence-corrected chi connectivity index (χ0v) is 12.5. The number of nitro groups is 1. The Hall–Kier alpha value is -2.06. The topological polar surface area (TPSA) is 87.4 Å². The fourth-order valence-electron chi connectivity index (χ4n) is 1.68. The van der Waals surface area contributed by atoms with Gasteiger partial charge >= 0.3 is 5.82 Å². The van der Waals surface area contributed by atoms with Gasteiger partial charge in [-0.05, 0) is 35.9 Å². The van der Waals surface area contributed by atoms with Crippen molar-refractivity contribution < 1.29 is 14.4 Å². The minimum absolute atomic E-state index is 0.0681. The van der Waals surface area contributed by atoms with E-state index < -0.39 is 4.92 Å². The Bertz CT molecular complexity index is 617. The summed E-state index contributed by atoms with van der Waals surface area (Å²) >= 11 is 1.48. The molecule has 2 rings (SSSR count). The van der Waals surface area contributed by atoms with Gasteiger partial charge in [-0.2, -0.15) is 0 Å². The molecule has 2 aromatic heterocycles. The number of pyridine rings is 1. The third-order valence-corrected chi connectivity index (χ3v) is 3.69. The number of hydrogen-bond acceptors (Lipinski definition) is 7. The van der Waals surface area contributed by atoms with Crippen molar-refractivity contribution in [3.05, 3.63) is 44.5 Å². The lowest BCUT2D eigenvalue weighted by molar-refractivity contribution is -0.390. The van der Waals surface area contributed by atoms with E-state index in [-0.39, 0.29) is 24.3 Å². The monoisotopic (exact) mass is 309 g/mol. The average molecular weight is 309 g/mol. The molecule has 0 fully saturated rings. The van der Waals surface area contributed by atoms with Crippen molar-refractivity contribution in [3.8, 4) is 5.75 Å². The van der Waals surface area contributed by atoms with Crippen LogP contribution in [0.2, 0.25) is 0 Å². The molecule has 1 atom stereocenters. The van der Waals surface area contributed by atoms with E-state index in [1.165, 1.54) is 23.6 Å². The van der Waals surface area contributed by atoms with Crippen LogP contribution in [0.3, 0.4) is 0 Å². The van der Waals surface area contributed by atoms with E-state index in [1.54, 1.807) is 6.07 Å². The first-order valence-electron chi connectivity index (χ1n) is 6.40. The summed E-state index contributed by atoms with van der Waals surface area (Å²) in [6, 6.07) is 3.10. The second kappa shape index (κ2) is 7.09. The van der Waals surface area contributed by atoms with E-state index in [9.17, 15) is 10.1 Å². The van der Waals surface area contributed by atoms with Crippen molar-refractivity contribution in [1.82, 2.24) is 9.97 Å². The number of thiazole rings is 1. The quantitative estimate of drug-likeness (QED) is 0.577. The zero-order valence-electron chi connectivity index (χ0n) is 11.7. The molecule has 0 N–H and O–H groups in total. The van der Waals surface area contributed by atoms with E-state index in [0.717, 1.165) is 5.01 Å². The van der Waals surface area contributed by atoms with Gasteiger partial charge in [0.25, 0.3) is 0 Å². The zero-order chi connectivity index (χ0) is 15.2. The molecule has 112 valence electrons. The molecule has 21 heavy (non-hydrogen) atoms. The summed E-state index contributed by atoms with van der Waals surface area (Å²) in [4.78, 5) is 18.3. The maximum absolute atomic E-state index is 10.8. The SMILES string of the molecule is CCO[C@@H](C)c1nc(COc2cccnc2[N+](=O)[O-])cs1. The van der Waals surface area contributed by atoms with Crippen LogP contribution in [0.1, 0.15) is 30.7 Å². The highest BCUT2D eigenvalue weighted by Gasteiger charge is 2.16. The number of rotatable bonds is 7. The third kappa shape index (κ3) is 3.96. The first-order chi connectivity index (χ1) is 10.1. The molecule has 8 heteroatoms. The van der Waals surface area contributed by atoms with Gasteiger partial charge in [-0.15, -0.1) is 11.3 Å². The van der Waals surface area contributed by atoms with E-state index >= 15 is 0 Å². The lowest BCUT2D eigenvalue weighted by Crippen LogP contribution is -2.02. The van der Waals surface area contributed by atoms with E-state index in [4.69, 9.17) is 9.47 Å². The maximum Gasteiger partial charge on any atom is 0.406 e. The highest BCUT2D eigenvalue weighted by molar-refractivity contribution is 7.09. The van der Waals surface area contributed by atoms with Gasteiger partial charge in [0.05, 0.1) is 5.69 Å². The Morgan fingerprint density at radius 3 is 3.05 bits per heavy atom. The predicted octanol–water partition coefficient (Wildman–Crippen LogP) is 3.12. The molecule has 0 spiro atoms. The number of aromatic nitrogens is 2. The Kier molecular flexibility index (Phi) is 5.18. The van der Waals surface area contributed by atoms with Gasteiger partial charge in [-0.3, -0.25) is 0 Å². The normalized spacial score (nSPS) is 12.1. The number of hydrogen-bond donors (Lipinski definition) is 0. The second-order valence-corrected chi connectivity index (χ2v) is 5.04. The molecule has 0 aliphatic heterocycles. The number of nitrogens with zero attached hydrogens (tertiary/aromatic N) is 3. The lowest BCUT2D eigenvalue weighted by atomic mass is 10.4. The van der Waals surface area contributed by atoms with Crippen molar-refractivity contribution in [2.75, 3.05) is 6.61 Å². The molecule has 0 aliphatic carbocycles. The van der Waals surface area contributed by atoms with Crippen LogP contribution >= 0.6 is 11.3 Å². The molecule has 0 saturated heterocycles. The molecule has 2 heterocycles. The lowest BCUT2D eigenvalue weighted by Gasteiger charge is -2.07. The summed E-state index contributed by atoms with van der Waals surface area (Å²) in [5.74, 6) is -0.162. The third-order valence-electron chi connectivity index (χ3n) is 2.63. The predicted molar refractivity (Wildman–Crippen MR) is 77.4 cm³/mol. The van der Waals surface area contributed by atoms with Crippen LogP contribution in [-0.2, 0) is 11.3 Å². The van der Waals surface area contributed by atoms with Crippen LogP contribution in [0, 0.1) is 10.1 Å². The molecule has 0 amide bonds. The highest BCUT2D eigenvalue weighted by Crippen LogP contribution is 2.25. The van der Waals surface area contributed by atoms with Crippen LogP contribution in [0.5, 0.6) is 5.75 Å². The molecule has 0 unspecified atom stereocenters. The summed E-state index contributed by atoms with van der Waals surface area (Å²) in [6.07, 6.45) is 1.29. The molecule has 2 aromatic rings. The summed E-state index contributed by atoms with van der Waals surface area (Å²) < 4.78 is 10.9. The van der Waals surface area contributed by atoms with Gasteiger partial charge in [-0.1, -0.05) is 0 Å². The summed E-state index contributed by atoms with van der Waals surface area (Å²) in [5.41, 5.74) is 0.708. The van der Waals surface area contributed by atoms with Crippen molar-refractivity contribution in [3.63, 3.8) is 0 Å². The van der Waals surface area contributed by atoms with Gasteiger partial charge in [-0.25, -0.2) is 4.98 Å². The van der Waals surface area contributed by atoms with Crippen LogP contribution in [0.4, 0.5) is 5.82 Å². The maximum atomic E-state index is 10.8. The molecule has 7 nitrogen and oxygen atoms in total. The average Bonchev–Trinajstić information content (AvgIpc) is 2.94. The largest absolute Gasteiger partial charge is 0.479 e. The Labute approximate surface area is 125 Å². The van der Waals surface area contributed by atoms with Crippen molar-refractivity contribution in [2.45, 2.75) is 26.6 Å². The molecule has 0 aromatic carbocycles. The van der Waals surface area contributed by atoms with Gasteiger partial charge < -0.3 is 19.6 Å². The molecule has 0 saturated carbocycles. The Morgan fingerprint density at radius 1 is 1.52 bits per heavy atom. The minimum atomic E-state index is -0.570. The van der Waals surface area contributed by atoms with Crippen molar-refractivity contribution in [2.24, 2.45) is 0 Å². The molecular formula is C13H15N3O4S. The van der Waals surface area contributed by atoms with Crippen LogP contribution in [0.15, 0.2) is 23.7 Å². The highest BCUT2D eigenvalue weighted by atomic mass is 32.1. The van der Waals surface area contributed by atoms with Crippen LogP contribution < -0.4 is 4.74 Å². The molecule has 0 bridgehead atoms. The Balaban J connectivity index is 2.02. The first-order valence-corrected chi connectivity index (χ1v) is 7.28. The van der Waals surface area contributed by atoms with E-state index in [0.29, 0.717) is 12.3 Å².